The molecule has 3 nitrogen and oxygen atoms in total. The number of aromatic amines is 2. The molecule has 0 fully saturated rings. The molecule has 4 heteroatoms. The zero-order chi connectivity index (χ0) is 7.84. The zero-order valence-electron chi connectivity index (χ0n) is 5.52. The first-order chi connectivity index (χ1) is 5.27. The van der Waals surface area contributed by atoms with Crippen LogP contribution in [0.15, 0.2) is 23.3 Å². The number of hydrogen-bond acceptors (Lipinski definition) is 1. The molecule has 0 aromatic carbocycles. The lowest BCUT2D eigenvalue weighted by molar-refractivity contribution is 1.26. The van der Waals surface area contributed by atoms with Crippen LogP contribution in [0.3, 0.4) is 0 Å². The van der Waals surface area contributed by atoms with Crippen molar-refractivity contribution < 1.29 is 0 Å². The minimum Gasteiger partial charge on any atom is -0.360 e. The van der Waals surface area contributed by atoms with Gasteiger partial charge in [-0.05, 0) is 22.6 Å². The molecule has 56 valence electrons. The summed E-state index contributed by atoms with van der Waals surface area (Å²) in [7, 11) is 0. The lowest BCUT2D eigenvalue weighted by Crippen LogP contribution is -2.00. The van der Waals surface area contributed by atoms with E-state index in [2.05, 4.69) is 32.6 Å². The van der Waals surface area contributed by atoms with E-state index in [9.17, 15) is 4.79 Å². The number of pyridine rings is 1. The molecule has 0 amide bonds. The van der Waals surface area contributed by atoms with Gasteiger partial charge in [-0.25, -0.2) is 0 Å². The zero-order valence-corrected chi connectivity index (χ0v) is 7.68. The molecule has 11 heavy (non-hydrogen) atoms. The van der Waals surface area contributed by atoms with Gasteiger partial charge in [0.1, 0.15) is 0 Å². The Morgan fingerprint density at radius 1 is 1.27 bits per heavy atom. The summed E-state index contributed by atoms with van der Waals surface area (Å²) in [5, 5.41) is 1.06. The molecule has 0 aliphatic heterocycles. The summed E-state index contributed by atoms with van der Waals surface area (Å²) in [6.07, 6.45) is 3.59. The van der Waals surface area contributed by atoms with Gasteiger partial charge >= 0.3 is 0 Å². The maximum Gasteiger partial charge on any atom is 0.250 e. The van der Waals surface area contributed by atoms with Crippen LogP contribution in [-0.4, -0.2) is 9.97 Å². The Labute approximate surface area is 76.0 Å². The molecule has 2 aromatic rings. The Morgan fingerprint density at radius 3 is 2.91 bits per heavy atom. The summed E-state index contributed by atoms with van der Waals surface area (Å²) in [5.41, 5.74) is 0.814. The predicted octanol–water partition coefficient (Wildman–Crippen LogP) is 1.46. The number of hydrogen-bond donors (Lipinski definition) is 2. The summed E-state index contributed by atoms with van der Waals surface area (Å²) in [6, 6.07) is 1.55. The van der Waals surface area contributed by atoms with Gasteiger partial charge < -0.3 is 9.97 Å². The molecule has 2 aromatic heterocycles. The Hall–Kier alpha value is -0.780. The Balaban J connectivity index is 2.96. The highest BCUT2D eigenvalue weighted by atomic mass is 127. The third-order valence-electron chi connectivity index (χ3n) is 1.54. The van der Waals surface area contributed by atoms with Crippen LogP contribution in [-0.2, 0) is 0 Å². The number of fused-ring (bicyclic) bond motifs is 1. The van der Waals surface area contributed by atoms with Gasteiger partial charge in [-0.1, -0.05) is 0 Å². The average molecular weight is 260 g/mol. The molecule has 0 atom stereocenters. The van der Waals surface area contributed by atoms with Gasteiger partial charge in [0.2, 0.25) is 5.56 Å². The van der Waals surface area contributed by atoms with Crippen LogP contribution < -0.4 is 5.56 Å². The summed E-state index contributed by atoms with van der Waals surface area (Å²) in [6.45, 7) is 0. The summed E-state index contributed by atoms with van der Waals surface area (Å²) < 4.78 is 1.12. The molecule has 0 aliphatic carbocycles. The molecular formula is C7H5IN2O. The Morgan fingerprint density at radius 2 is 2.09 bits per heavy atom. The molecule has 0 saturated heterocycles. The van der Waals surface area contributed by atoms with Gasteiger partial charge in [-0.15, -0.1) is 0 Å². The van der Waals surface area contributed by atoms with E-state index in [1.54, 1.807) is 12.3 Å². The van der Waals surface area contributed by atoms with Crippen LogP contribution in [0.4, 0.5) is 0 Å². The number of nitrogens with one attached hydrogen (secondary N) is 2. The van der Waals surface area contributed by atoms with Gasteiger partial charge in [-0.3, -0.25) is 4.79 Å². The number of H-pyrrole nitrogens is 2. The van der Waals surface area contributed by atoms with Crippen molar-refractivity contribution in [2.75, 3.05) is 0 Å². The highest BCUT2D eigenvalue weighted by Crippen LogP contribution is 2.16. The summed E-state index contributed by atoms with van der Waals surface area (Å²) in [5.74, 6) is 0. The summed E-state index contributed by atoms with van der Waals surface area (Å²) >= 11 is 2.21. The second kappa shape index (κ2) is 2.37. The molecule has 0 bridgehead atoms. The van der Waals surface area contributed by atoms with Gasteiger partial charge in [-0.2, -0.15) is 0 Å². The van der Waals surface area contributed by atoms with Crippen molar-refractivity contribution in [3.8, 4) is 0 Å². The minimum absolute atomic E-state index is 0.0734. The second-order valence-electron chi connectivity index (χ2n) is 2.26. The Kier molecular flexibility index (Phi) is 1.49. The second-order valence-corrected chi connectivity index (χ2v) is 3.42. The van der Waals surface area contributed by atoms with Crippen LogP contribution in [0.1, 0.15) is 0 Å². The fraction of sp³-hybridized carbons (Fsp3) is 0. The minimum atomic E-state index is -0.0734. The molecule has 0 spiro atoms. The van der Waals surface area contributed by atoms with E-state index < -0.39 is 0 Å². The van der Waals surface area contributed by atoms with Crippen LogP contribution in [0.2, 0.25) is 0 Å². The molecule has 2 N–H and O–H groups in total. The average Bonchev–Trinajstić information content (AvgIpc) is 2.32. The van der Waals surface area contributed by atoms with Gasteiger partial charge in [0.05, 0.1) is 5.52 Å². The van der Waals surface area contributed by atoms with Gasteiger partial charge in [0, 0.05) is 27.4 Å². The van der Waals surface area contributed by atoms with E-state index in [-0.39, 0.29) is 5.56 Å². The topological polar surface area (TPSA) is 48.6 Å². The number of halogens is 1. The largest absolute Gasteiger partial charge is 0.360 e. The molecule has 2 rings (SSSR count). The third-order valence-corrected chi connectivity index (χ3v) is 2.43. The standard InChI is InChI=1S/C7H5IN2O/c8-5-3-9-6-1-7(11)10-2-4(5)6/h1-3,9H,(H,10,11). The van der Waals surface area contributed by atoms with E-state index in [4.69, 9.17) is 0 Å². The first-order valence-electron chi connectivity index (χ1n) is 3.13. The van der Waals surface area contributed by atoms with Crippen molar-refractivity contribution in [1.82, 2.24) is 9.97 Å². The van der Waals surface area contributed by atoms with Crippen LogP contribution >= 0.6 is 22.6 Å². The molecule has 0 radical (unpaired) electrons. The highest BCUT2D eigenvalue weighted by molar-refractivity contribution is 14.1. The fourth-order valence-corrected chi connectivity index (χ4v) is 1.61. The van der Waals surface area contributed by atoms with Crippen molar-refractivity contribution in [2.45, 2.75) is 0 Å². The van der Waals surface area contributed by atoms with Crippen LogP contribution in [0.25, 0.3) is 10.9 Å². The third kappa shape index (κ3) is 1.07. The predicted molar refractivity (Wildman–Crippen MR) is 51.6 cm³/mol. The van der Waals surface area contributed by atoms with E-state index >= 15 is 0 Å². The van der Waals surface area contributed by atoms with Crippen LogP contribution in [0.5, 0.6) is 0 Å². The maximum atomic E-state index is 10.8. The Bertz CT molecular complexity index is 443. The SMILES string of the molecule is O=c1cc2[nH]cc(I)c2c[nH]1. The number of aromatic nitrogens is 2. The van der Waals surface area contributed by atoms with Crippen molar-refractivity contribution in [2.24, 2.45) is 0 Å². The van der Waals surface area contributed by atoms with Crippen molar-refractivity contribution in [1.29, 1.82) is 0 Å². The quantitative estimate of drug-likeness (QED) is 0.692. The molecule has 0 unspecified atom stereocenters. The molecular weight excluding hydrogens is 255 g/mol. The van der Waals surface area contributed by atoms with Crippen LogP contribution in [0, 0.1) is 3.57 Å². The smallest absolute Gasteiger partial charge is 0.250 e. The van der Waals surface area contributed by atoms with E-state index in [1.807, 2.05) is 6.20 Å². The van der Waals surface area contributed by atoms with E-state index in [0.717, 1.165) is 14.5 Å². The fourth-order valence-electron chi connectivity index (χ4n) is 1.01. The van der Waals surface area contributed by atoms with Crippen molar-refractivity contribution >= 4 is 33.5 Å². The van der Waals surface area contributed by atoms with Gasteiger partial charge in [0.15, 0.2) is 0 Å². The normalized spacial score (nSPS) is 10.6. The lowest BCUT2D eigenvalue weighted by Gasteiger charge is -1.86. The highest BCUT2D eigenvalue weighted by Gasteiger charge is 1.98. The maximum absolute atomic E-state index is 10.8. The van der Waals surface area contributed by atoms with Gasteiger partial charge in [0.25, 0.3) is 0 Å². The summed E-state index contributed by atoms with van der Waals surface area (Å²) in [4.78, 5) is 16.4. The molecule has 0 aliphatic rings. The monoisotopic (exact) mass is 260 g/mol. The molecule has 2 heterocycles. The van der Waals surface area contributed by atoms with Crippen molar-refractivity contribution in [3.63, 3.8) is 0 Å². The number of rotatable bonds is 0. The van der Waals surface area contributed by atoms with Crippen molar-refractivity contribution in [3.05, 3.63) is 32.4 Å². The lowest BCUT2D eigenvalue weighted by atomic mass is 10.3. The first kappa shape index (κ1) is 6.90. The van der Waals surface area contributed by atoms with E-state index in [1.165, 1.54) is 0 Å². The molecule has 0 saturated carbocycles. The van der Waals surface area contributed by atoms with E-state index in [0.29, 0.717) is 0 Å². The first-order valence-corrected chi connectivity index (χ1v) is 4.20.